The van der Waals surface area contributed by atoms with Crippen molar-refractivity contribution in [2.45, 2.75) is 110 Å². The Hall–Kier alpha value is 0.0569. The van der Waals surface area contributed by atoms with E-state index in [1.165, 1.54) is 103 Å². The highest BCUT2D eigenvalue weighted by Crippen LogP contribution is 2.16. The van der Waals surface area contributed by atoms with E-state index in [0.29, 0.717) is 0 Å². The molecule has 0 aliphatic heterocycles. The van der Waals surface area contributed by atoms with Gasteiger partial charge in [0.15, 0.2) is 0 Å². The van der Waals surface area contributed by atoms with Crippen LogP contribution in [0.25, 0.3) is 0 Å². The van der Waals surface area contributed by atoms with Crippen molar-refractivity contribution in [1.82, 2.24) is 0 Å². The largest absolute Gasteiger partial charge is 0.558 e. The highest BCUT2D eigenvalue weighted by Gasteiger charge is 2.45. The van der Waals surface area contributed by atoms with Crippen molar-refractivity contribution in [3.8, 4) is 0 Å². The van der Waals surface area contributed by atoms with Gasteiger partial charge in [-0.2, -0.15) is 0 Å². The number of unbranched alkanes of at least 4 members (excludes halogenated alkanes) is 15. The monoisotopic (exact) mass is 432 g/mol. The molecular weight excluding hydrogens is 378 g/mol. The van der Waals surface area contributed by atoms with E-state index in [2.05, 4.69) is 21.0 Å². The third kappa shape index (κ3) is 16.4. The van der Waals surface area contributed by atoms with E-state index in [9.17, 15) is 0 Å². The Kier molecular flexibility index (Phi) is 18.8. The van der Waals surface area contributed by atoms with E-state index >= 15 is 0 Å². The molecule has 0 spiro atoms. The van der Waals surface area contributed by atoms with Crippen LogP contribution in [0.4, 0.5) is 0 Å². The van der Waals surface area contributed by atoms with Gasteiger partial charge in [0, 0.05) is 21.3 Å². The third-order valence-corrected chi connectivity index (χ3v) is 9.28. The second-order valence-electron chi connectivity index (χ2n) is 9.42. The number of hydrogen-bond donors (Lipinski definition) is 0. The fourth-order valence-electron chi connectivity index (χ4n) is 4.13. The summed E-state index contributed by atoms with van der Waals surface area (Å²) >= 11 is 0. The Labute approximate surface area is 184 Å². The number of nitrogens with zero attached hydrogens (tertiary/aromatic N) is 1. The summed E-state index contributed by atoms with van der Waals surface area (Å²) in [6.45, 7) is 3.45. The molecule has 0 radical (unpaired) electrons. The normalized spacial score (nSPS) is 12.6. The lowest BCUT2D eigenvalue weighted by atomic mass is 10.0. The SMILES string of the molecule is CCCCCCCCCCCCCCCCCC[N+](C)(C)C[Si](OC)(OC)OC. The molecule has 0 bridgehead atoms. The van der Waals surface area contributed by atoms with E-state index < -0.39 is 8.80 Å². The first-order valence-electron chi connectivity index (χ1n) is 12.4. The van der Waals surface area contributed by atoms with E-state index in [0.717, 1.165) is 17.2 Å². The molecule has 0 N–H and O–H groups in total. The number of rotatable bonds is 22. The van der Waals surface area contributed by atoms with Crippen LogP contribution in [0, 0.1) is 0 Å². The van der Waals surface area contributed by atoms with Crippen molar-refractivity contribution in [2.75, 3.05) is 48.1 Å². The van der Waals surface area contributed by atoms with Crippen LogP contribution in [0.1, 0.15) is 110 Å². The van der Waals surface area contributed by atoms with Crippen LogP contribution in [0.15, 0.2) is 0 Å². The van der Waals surface area contributed by atoms with Crippen LogP contribution >= 0.6 is 0 Å². The molecule has 0 aliphatic rings. The fraction of sp³-hybridized carbons (Fsp3) is 1.00. The first-order chi connectivity index (χ1) is 13.9. The van der Waals surface area contributed by atoms with Crippen LogP contribution in [-0.2, 0) is 13.3 Å². The highest BCUT2D eigenvalue weighted by molar-refractivity contribution is 6.60. The molecule has 4 nitrogen and oxygen atoms in total. The molecule has 0 amide bonds. The van der Waals surface area contributed by atoms with Gasteiger partial charge in [0.1, 0.15) is 6.17 Å². The molecule has 0 fully saturated rings. The fourth-order valence-corrected chi connectivity index (χ4v) is 6.23. The van der Waals surface area contributed by atoms with Gasteiger partial charge in [0.2, 0.25) is 0 Å². The van der Waals surface area contributed by atoms with Crippen molar-refractivity contribution in [2.24, 2.45) is 0 Å². The summed E-state index contributed by atoms with van der Waals surface area (Å²) in [5.74, 6) is 0. The van der Waals surface area contributed by atoms with E-state index in [1.807, 2.05) is 0 Å². The molecule has 0 saturated carbocycles. The highest BCUT2D eigenvalue weighted by atomic mass is 28.4. The molecule has 0 heterocycles. The molecule has 176 valence electrons. The molecule has 0 aromatic carbocycles. The van der Waals surface area contributed by atoms with Crippen LogP contribution in [0.3, 0.4) is 0 Å². The van der Waals surface area contributed by atoms with Gasteiger partial charge in [0.05, 0.1) is 20.6 Å². The molecular formula is C24H54NO3Si+. The lowest BCUT2D eigenvalue weighted by Crippen LogP contribution is -2.59. The molecule has 29 heavy (non-hydrogen) atoms. The summed E-state index contributed by atoms with van der Waals surface area (Å²) in [6.07, 6.45) is 23.5. The second kappa shape index (κ2) is 18.8. The van der Waals surface area contributed by atoms with Crippen molar-refractivity contribution in [1.29, 1.82) is 0 Å². The summed E-state index contributed by atoms with van der Waals surface area (Å²) in [4.78, 5) is 0. The summed E-state index contributed by atoms with van der Waals surface area (Å²) < 4.78 is 17.7. The minimum atomic E-state index is -2.49. The third-order valence-electron chi connectivity index (χ3n) is 6.17. The van der Waals surface area contributed by atoms with Crippen molar-refractivity contribution in [3.63, 3.8) is 0 Å². The first kappa shape index (κ1) is 29.1. The number of hydrogen-bond acceptors (Lipinski definition) is 3. The average Bonchev–Trinajstić information content (AvgIpc) is 2.71. The molecule has 0 rings (SSSR count). The minimum Gasteiger partial charge on any atom is -0.374 e. The van der Waals surface area contributed by atoms with Crippen molar-refractivity contribution in [3.05, 3.63) is 0 Å². The van der Waals surface area contributed by atoms with Crippen molar-refractivity contribution >= 4 is 8.80 Å². The topological polar surface area (TPSA) is 27.7 Å². The zero-order valence-electron chi connectivity index (χ0n) is 20.9. The van der Waals surface area contributed by atoms with Crippen LogP contribution in [0.5, 0.6) is 0 Å². The van der Waals surface area contributed by atoms with E-state index in [1.54, 1.807) is 21.3 Å². The lowest BCUT2D eigenvalue weighted by molar-refractivity contribution is -0.882. The zero-order chi connectivity index (χ0) is 21.8. The molecule has 5 heteroatoms. The Morgan fingerprint density at radius 2 is 0.828 bits per heavy atom. The molecule has 0 atom stereocenters. The summed E-state index contributed by atoms with van der Waals surface area (Å²) in [5.41, 5.74) is 0. The van der Waals surface area contributed by atoms with Crippen molar-refractivity contribution < 1.29 is 17.8 Å². The van der Waals surface area contributed by atoms with Crippen LogP contribution in [-0.4, -0.2) is 61.4 Å². The predicted octanol–water partition coefficient (Wildman–Crippen LogP) is 6.74. The van der Waals surface area contributed by atoms with Gasteiger partial charge in [-0.3, -0.25) is 0 Å². The maximum atomic E-state index is 5.58. The van der Waals surface area contributed by atoms with Gasteiger partial charge in [-0.1, -0.05) is 96.8 Å². The molecule has 0 aliphatic carbocycles. The Morgan fingerprint density at radius 3 is 1.14 bits per heavy atom. The average molecular weight is 433 g/mol. The maximum absolute atomic E-state index is 5.58. The second-order valence-corrected chi connectivity index (χ2v) is 12.3. The van der Waals surface area contributed by atoms with E-state index in [-0.39, 0.29) is 0 Å². The van der Waals surface area contributed by atoms with Gasteiger partial charge in [-0.05, 0) is 12.8 Å². The smallest absolute Gasteiger partial charge is 0.374 e. The molecule has 0 aromatic heterocycles. The summed E-state index contributed by atoms with van der Waals surface area (Å²) in [7, 11) is 7.12. The summed E-state index contributed by atoms with van der Waals surface area (Å²) in [5, 5.41) is 0. The standard InChI is InChI=1S/C24H54NO3Si/c1-7-8-9-10-11-12-13-14-15-16-17-18-19-20-21-22-23-25(2,3)24-29(26-4,27-5)28-6/h7-24H2,1-6H3/q+1. The first-order valence-corrected chi connectivity index (χ1v) is 14.4. The molecule has 0 saturated heterocycles. The summed E-state index contributed by atoms with van der Waals surface area (Å²) in [6, 6.07) is 0. The maximum Gasteiger partial charge on any atom is 0.558 e. The minimum absolute atomic E-state index is 0.829. The zero-order valence-corrected chi connectivity index (χ0v) is 21.9. The van der Waals surface area contributed by atoms with Gasteiger partial charge in [-0.15, -0.1) is 0 Å². The number of quaternary nitrogens is 1. The molecule has 0 aromatic rings. The Morgan fingerprint density at radius 1 is 0.517 bits per heavy atom. The van der Waals surface area contributed by atoms with Gasteiger partial charge < -0.3 is 17.8 Å². The van der Waals surface area contributed by atoms with Gasteiger partial charge in [0.25, 0.3) is 0 Å². The Bertz CT molecular complexity index is 341. The van der Waals surface area contributed by atoms with Crippen LogP contribution < -0.4 is 0 Å². The van der Waals surface area contributed by atoms with Crippen LogP contribution in [0.2, 0.25) is 0 Å². The van der Waals surface area contributed by atoms with Gasteiger partial charge >= 0.3 is 8.80 Å². The quantitative estimate of drug-likeness (QED) is 0.108. The van der Waals surface area contributed by atoms with E-state index in [4.69, 9.17) is 13.3 Å². The lowest BCUT2D eigenvalue weighted by Gasteiger charge is -2.35. The Balaban J connectivity index is 3.48. The molecule has 0 unspecified atom stereocenters. The van der Waals surface area contributed by atoms with Gasteiger partial charge in [-0.25, -0.2) is 0 Å². The predicted molar refractivity (Wildman–Crippen MR) is 128 cm³/mol.